The van der Waals surface area contributed by atoms with Gasteiger partial charge in [-0.25, -0.2) is 0 Å². The van der Waals surface area contributed by atoms with E-state index in [9.17, 15) is 0 Å². The summed E-state index contributed by atoms with van der Waals surface area (Å²) in [5, 5.41) is 8.65. The minimum absolute atomic E-state index is 0. The first-order chi connectivity index (χ1) is 5.81. The van der Waals surface area contributed by atoms with E-state index in [0.717, 1.165) is 15.1 Å². The number of anilines is 1. The largest absolute Gasteiger partial charge is 0.397 e. The molecule has 2 rings (SSSR count). The SMILES string of the molecule is Cl.Cl.NCc1cc2c(N)cnnc2s1. The monoisotopic (exact) mass is 252 g/mol. The van der Waals surface area contributed by atoms with Crippen molar-refractivity contribution in [3.63, 3.8) is 0 Å². The molecule has 2 heterocycles. The van der Waals surface area contributed by atoms with E-state index >= 15 is 0 Å². The van der Waals surface area contributed by atoms with Gasteiger partial charge in [-0.2, -0.15) is 5.10 Å². The molecule has 0 bridgehead atoms. The van der Waals surface area contributed by atoms with E-state index in [2.05, 4.69) is 10.2 Å². The van der Waals surface area contributed by atoms with Crippen LogP contribution < -0.4 is 11.5 Å². The lowest BCUT2D eigenvalue weighted by Gasteiger charge is -1.90. The molecular weight excluding hydrogens is 243 g/mol. The van der Waals surface area contributed by atoms with Crippen LogP contribution in [-0.4, -0.2) is 10.2 Å². The molecule has 0 atom stereocenters. The number of aromatic nitrogens is 2. The first-order valence-electron chi connectivity index (χ1n) is 3.51. The van der Waals surface area contributed by atoms with Crippen LogP contribution in [0.2, 0.25) is 0 Å². The minimum Gasteiger partial charge on any atom is -0.397 e. The minimum atomic E-state index is 0. The molecule has 4 nitrogen and oxygen atoms in total. The van der Waals surface area contributed by atoms with Crippen molar-refractivity contribution in [1.29, 1.82) is 0 Å². The molecule has 0 aliphatic rings. The third kappa shape index (κ3) is 2.24. The highest BCUT2D eigenvalue weighted by Gasteiger charge is 2.04. The normalized spacial score (nSPS) is 9.21. The lowest BCUT2D eigenvalue weighted by molar-refractivity contribution is 1.09. The van der Waals surface area contributed by atoms with Gasteiger partial charge in [0.05, 0.1) is 11.9 Å². The van der Waals surface area contributed by atoms with Gasteiger partial charge in [0, 0.05) is 16.8 Å². The predicted octanol–water partition coefficient (Wildman–Crippen LogP) is 1.58. The van der Waals surface area contributed by atoms with Gasteiger partial charge in [0.1, 0.15) is 4.83 Å². The zero-order valence-electron chi connectivity index (χ0n) is 7.14. The van der Waals surface area contributed by atoms with Crippen molar-refractivity contribution >= 4 is 52.1 Å². The van der Waals surface area contributed by atoms with E-state index < -0.39 is 0 Å². The van der Waals surface area contributed by atoms with E-state index in [1.54, 1.807) is 6.20 Å². The number of rotatable bonds is 1. The zero-order chi connectivity index (χ0) is 8.55. The Bertz CT molecular complexity index is 417. The Labute approximate surface area is 97.5 Å². The van der Waals surface area contributed by atoms with Gasteiger partial charge < -0.3 is 11.5 Å². The second-order valence-corrected chi connectivity index (χ2v) is 3.55. The second kappa shape index (κ2) is 5.31. The Balaban J connectivity index is 0.000000845. The topological polar surface area (TPSA) is 77.8 Å². The molecule has 0 aliphatic carbocycles. The van der Waals surface area contributed by atoms with E-state index in [1.165, 1.54) is 11.3 Å². The van der Waals surface area contributed by atoms with Crippen LogP contribution in [0, 0.1) is 0 Å². The van der Waals surface area contributed by atoms with E-state index in [4.69, 9.17) is 11.5 Å². The van der Waals surface area contributed by atoms with Crippen LogP contribution in [0.4, 0.5) is 5.69 Å². The summed E-state index contributed by atoms with van der Waals surface area (Å²) in [5.74, 6) is 0. The van der Waals surface area contributed by atoms with Crippen molar-refractivity contribution in [2.75, 3.05) is 5.73 Å². The Morgan fingerprint density at radius 3 is 2.64 bits per heavy atom. The fourth-order valence-corrected chi connectivity index (χ4v) is 1.91. The average molecular weight is 253 g/mol. The van der Waals surface area contributed by atoms with E-state index in [1.807, 2.05) is 6.07 Å². The molecule has 0 radical (unpaired) electrons. The smallest absolute Gasteiger partial charge is 0.148 e. The summed E-state index contributed by atoms with van der Waals surface area (Å²) >= 11 is 1.53. The molecule has 0 saturated heterocycles. The Kier molecular flexibility index (Phi) is 5.07. The summed E-state index contributed by atoms with van der Waals surface area (Å²) in [5.41, 5.74) is 11.8. The Morgan fingerprint density at radius 2 is 2.07 bits per heavy atom. The molecule has 0 unspecified atom stereocenters. The van der Waals surface area contributed by atoms with Gasteiger partial charge in [0.15, 0.2) is 0 Å². The highest BCUT2D eigenvalue weighted by molar-refractivity contribution is 7.18. The van der Waals surface area contributed by atoms with Crippen LogP contribution >= 0.6 is 36.2 Å². The van der Waals surface area contributed by atoms with Crippen LogP contribution in [-0.2, 0) is 6.54 Å². The van der Waals surface area contributed by atoms with Crippen molar-refractivity contribution < 1.29 is 0 Å². The molecule has 0 aromatic carbocycles. The quantitative estimate of drug-likeness (QED) is 0.808. The zero-order valence-corrected chi connectivity index (χ0v) is 9.59. The molecule has 7 heteroatoms. The summed E-state index contributed by atoms with van der Waals surface area (Å²) in [6.07, 6.45) is 1.55. The second-order valence-electron chi connectivity index (χ2n) is 2.44. The number of nitrogens with two attached hydrogens (primary N) is 2. The first-order valence-corrected chi connectivity index (χ1v) is 4.32. The van der Waals surface area contributed by atoms with Crippen LogP contribution in [0.25, 0.3) is 10.2 Å². The molecule has 14 heavy (non-hydrogen) atoms. The van der Waals surface area contributed by atoms with E-state index in [-0.39, 0.29) is 24.8 Å². The van der Waals surface area contributed by atoms with Crippen molar-refractivity contribution in [3.05, 3.63) is 17.1 Å². The standard InChI is InChI=1S/C7H8N4S.2ClH/c8-2-4-1-5-6(9)3-10-11-7(5)12-4;;/h1,3H,2,8H2,(H2,9,11);2*1H. The number of hydrogen-bond acceptors (Lipinski definition) is 5. The third-order valence-corrected chi connectivity index (χ3v) is 2.66. The van der Waals surface area contributed by atoms with Crippen molar-refractivity contribution in [2.45, 2.75) is 6.54 Å². The molecule has 0 spiro atoms. The molecule has 2 aromatic heterocycles. The number of nitrogen functional groups attached to an aromatic ring is 1. The van der Waals surface area contributed by atoms with Crippen molar-refractivity contribution in [3.8, 4) is 0 Å². The van der Waals surface area contributed by atoms with Crippen LogP contribution in [0.15, 0.2) is 12.3 Å². The molecule has 0 amide bonds. The molecule has 78 valence electrons. The molecule has 4 N–H and O–H groups in total. The van der Waals surface area contributed by atoms with Crippen LogP contribution in [0.1, 0.15) is 4.88 Å². The van der Waals surface area contributed by atoms with Crippen LogP contribution in [0.3, 0.4) is 0 Å². The summed E-state index contributed by atoms with van der Waals surface area (Å²) in [7, 11) is 0. The highest BCUT2D eigenvalue weighted by atomic mass is 35.5. The lowest BCUT2D eigenvalue weighted by atomic mass is 10.3. The highest BCUT2D eigenvalue weighted by Crippen LogP contribution is 2.26. The maximum atomic E-state index is 5.69. The van der Waals surface area contributed by atoms with Crippen LogP contribution in [0.5, 0.6) is 0 Å². The lowest BCUT2D eigenvalue weighted by Crippen LogP contribution is -1.91. The van der Waals surface area contributed by atoms with Gasteiger partial charge in [-0.3, -0.25) is 0 Å². The molecular formula is C7H10Cl2N4S. The van der Waals surface area contributed by atoms with Gasteiger partial charge in [-0.15, -0.1) is 41.2 Å². The summed E-state index contributed by atoms with van der Waals surface area (Å²) in [4.78, 5) is 1.94. The molecule has 0 fully saturated rings. The van der Waals surface area contributed by atoms with Gasteiger partial charge in [0.2, 0.25) is 0 Å². The van der Waals surface area contributed by atoms with Crippen molar-refractivity contribution in [1.82, 2.24) is 10.2 Å². The molecule has 2 aromatic rings. The Hall–Kier alpha value is -0.620. The first kappa shape index (κ1) is 13.4. The van der Waals surface area contributed by atoms with Gasteiger partial charge in [0.25, 0.3) is 0 Å². The predicted molar refractivity (Wildman–Crippen MR) is 64.2 cm³/mol. The summed E-state index contributed by atoms with van der Waals surface area (Å²) in [6.45, 7) is 0.528. The summed E-state index contributed by atoms with van der Waals surface area (Å²) < 4.78 is 0. The van der Waals surface area contributed by atoms with Crippen molar-refractivity contribution in [2.24, 2.45) is 5.73 Å². The fourth-order valence-electron chi connectivity index (χ4n) is 1.03. The fraction of sp³-hybridized carbons (Fsp3) is 0.143. The maximum Gasteiger partial charge on any atom is 0.148 e. The third-order valence-electron chi connectivity index (χ3n) is 1.62. The van der Waals surface area contributed by atoms with Gasteiger partial charge >= 0.3 is 0 Å². The number of fused-ring (bicyclic) bond motifs is 1. The maximum absolute atomic E-state index is 5.69. The van der Waals surface area contributed by atoms with Gasteiger partial charge in [-0.1, -0.05) is 0 Å². The number of hydrogen-bond donors (Lipinski definition) is 2. The molecule has 0 aliphatic heterocycles. The Morgan fingerprint density at radius 1 is 1.36 bits per heavy atom. The summed E-state index contributed by atoms with van der Waals surface area (Å²) in [6, 6.07) is 1.96. The van der Waals surface area contributed by atoms with Gasteiger partial charge in [-0.05, 0) is 6.07 Å². The number of thiophene rings is 1. The number of halogens is 2. The van der Waals surface area contributed by atoms with E-state index in [0.29, 0.717) is 12.2 Å². The average Bonchev–Trinajstić information content (AvgIpc) is 2.49. The molecule has 0 saturated carbocycles. The number of nitrogens with zero attached hydrogens (tertiary/aromatic N) is 2.